The zero-order chi connectivity index (χ0) is 17.0. The van der Waals surface area contributed by atoms with E-state index in [1.54, 1.807) is 0 Å². The summed E-state index contributed by atoms with van der Waals surface area (Å²) in [5.74, 6) is 0.327. The highest BCUT2D eigenvalue weighted by Gasteiger charge is 2.30. The molecule has 128 valence electrons. The Labute approximate surface area is 142 Å². The number of alkyl halides is 3. The maximum atomic E-state index is 12.6. The highest BCUT2D eigenvalue weighted by atomic mass is 79.9. The van der Waals surface area contributed by atoms with Gasteiger partial charge < -0.3 is 9.74 Å². The minimum atomic E-state index is -4.29. The van der Waals surface area contributed by atoms with Gasteiger partial charge in [0, 0.05) is 25.4 Å². The molecule has 0 spiro atoms. The molecule has 0 bridgehead atoms. The third-order valence-electron chi connectivity index (χ3n) is 3.99. The molecule has 0 amide bonds. The van der Waals surface area contributed by atoms with Crippen molar-refractivity contribution >= 4 is 20.6 Å². The smallest absolute Gasteiger partial charge is 0.391 e. The quantitative estimate of drug-likeness (QED) is 0.702. The van der Waals surface area contributed by atoms with Crippen molar-refractivity contribution in [2.24, 2.45) is 11.1 Å². The Hall–Kier alpha value is -1.08. The Morgan fingerprint density at radius 1 is 1.35 bits per heavy atom. The minimum Gasteiger partial charge on any atom is -0.391 e. The Balaban J connectivity index is 1.89. The first-order valence-electron chi connectivity index (χ1n) is 7.52. The molecule has 1 aromatic carbocycles. The van der Waals surface area contributed by atoms with Gasteiger partial charge in [-0.05, 0) is 47.1 Å². The number of oxime groups is 1. The third kappa shape index (κ3) is 5.21. The van der Waals surface area contributed by atoms with E-state index in [1.807, 2.05) is 7.05 Å². The lowest BCUT2D eigenvalue weighted by molar-refractivity contribution is -0.137. The van der Waals surface area contributed by atoms with E-state index in [2.05, 4.69) is 32.9 Å². The van der Waals surface area contributed by atoms with Crippen LogP contribution in [0.15, 0.2) is 29.4 Å². The Kier molecular flexibility index (Phi) is 6.08. The molecule has 0 fully saturated rings. The summed E-state index contributed by atoms with van der Waals surface area (Å²) < 4.78 is 38.5. The highest BCUT2D eigenvalue weighted by Crippen LogP contribution is 2.29. The standard InChI is InChI=1S/C16H20BrF3N2O/c1-3-12(14-8-15(17)21-23-14)10-22(2)9-11-4-6-13(7-5-11)16(18,19)20/h4-7,12,14H,3,8-10H2,1-2H3. The summed E-state index contributed by atoms with van der Waals surface area (Å²) in [4.78, 5) is 7.52. The van der Waals surface area contributed by atoms with Gasteiger partial charge in [0.2, 0.25) is 0 Å². The summed E-state index contributed by atoms with van der Waals surface area (Å²) in [5, 5.41) is 3.92. The van der Waals surface area contributed by atoms with Crippen LogP contribution < -0.4 is 0 Å². The summed E-state index contributed by atoms with van der Waals surface area (Å²) in [6.07, 6.45) is -2.50. The molecular formula is C16H20BrF3N2O. The van der Waals surface area contributed by atoms with Gasteiger partial charge in [-0.2, -0.15) is 13.2 Å². The van der Waals surface area contributed by atoms with Crippen LogP contribution in [0.2, 0.25) is 0 Å². The summed E-state index contributed by atoms with van der Waals surface area (Å²) in [6, 6.07) is 5.33. The second kappa shape index (κ2) is 7.66. The number of benzene rings is 1. The topological polar surface area (TPSA) is 24.8 Å². The molecule has 1 heterocycles. The summed E-state index contributed by atoms with van der Waals surface area (Å²) in [5.41, 5.74) is 0.247. The van der Waals surface area contributed by atoms with Gasteiger partial charge >= 0.3 is 6.18 Å². The van der Waals surface area contributed by atoms with E-state index in [-0.39, 0.29) is 6.10 Å². The molecule has 2 unspecified atom stereocenters. The molecule has 1 aromatic rings. The average Bonchev–Trinajstić information content (AvgIpc) is 2.91. The van der Waals surface area contributed by atoms with Gasteiger partial charge in [0.25, 0.3) is 0 Å². The Morgan fingerprint density at radius 2 is 2.00 bits per heavy atom. The van der Waals surface area contributed by atoms with E-state index >= 15 is 0 Å². The molecule has 0 radical (unpaired) electrons. The van der Waals surface area contributed by atoms with Crippen molar-refractivity contribution in [2.75, 3.05) is 13.6 Å². The molecule has 2 rings (SSSR count). The van der Waals surface area contributed by atoms with Gasteiger partial charge in [0.05, 0.1) is 5.56 Å². The predicted octanol–water partition coefficient (Wildman–Crippen LogP) is 4.66. The van der Waals surface area contributed by atoms with Crippen LogP contribution in [0.25, 0.3) is 0 Å². The van der Waals surface area contributed by atoms with Crippen LogP contribution >= 0.6 is 15.9 Å². The van der Waals surface area contributed by atoms with E-state index in [0.29, 0.717) is 12.5 Å². The second-order valence-electron chi connectivity index (χ2n) is 5.88. The molecule has 0 saturated carbocycles. The van der Waals surface area contributed by atoms with Crippen LogP contribution in [0.1, 0.15) is 30.9 Å². The number of nitrogens with zero attached hydrogens (tertiary/aromatic N) is 2. The summed E-state index contributed by atoms with van der Waals surface area (Å²) in [7, 11) is 1.96. The predicted molar refractivity (Wildman–Crippen MR) is 87.4 cm³/mol. The first-order valence-corrected chi connectivity index (χ1v) is 8.31. The summed E-state index contributed by atoms with van der Waals surface area (Å²) in [6.45, 7) is 3.51. The molecule has 1 aliphatic rings. The lowest BCUT2D eigenvalue weighted by atomic mass is 9.97. The number of halogens is 4. The monoisotopic (exact) mass is 392 g/mol. The second-order valence-corrected chi connectivity index (χ2v) is 6.79. The lowest BCUT2D eigenvalue weighted by Gasteiger charge is -2.26. The van der Waals surface area contributed by atoms with Crippen molar-refractivity contribution in [3.63, 3.8) is 0 Å². The van der Waals surface area contributed by atoms with Crippen molar-refractivity contribution in [1.82, 2.24) is 4.90 Å². The zero-order valence-corrected chi connectivity index (χ0v) is 14.7. The van der Waals surface area contributed by atoms with Crippen molar-refractivity contribution in [1.29, 1.82) is 0 Å². The van der Waals surface area contributed by atoms with Gasteiger partial charge in [0.1, 0.15) is 10.7 Å². The zero-order valence-electron chi connectivity index (χ0n) is 13.1. The van der Waals surface area contributed by atoms with Crippen molar-refractivity contribution in [2.45, 2.75) is 38.6 Å². The fraction of sp³-hybridized carbons (Fsp3) is 0.562. The average molecular weight is 393 g/mol. The van der Waals surface area contributed by atoms with Crippen molar-refractivity contribution < 1.29 is 18.0 Å². The molecule has 0 aliphatic carbocycles. The molecule has 0 saturated heterocycles. The SMILES string of the molecule is CCC(CN(C)Cc1ccc(C(F)(F)F)cc1)C1CC(Br)=NO1. The molecule has 0 aromatic heterocycles. The minimum absolute atomic E-state index is 0.0597. The molecule has 7 heteroatoms. The van der Waals surface area contributed by atoms with Gasteiger partial charge in [-0.1, -0.05) is 24.2 Å². The van der Waals surface area contributed by atoms with E-state index < -0.39 is 11.7 Å². The molecule has 1 aliphatic heterocycles. The lowest BCUT2D eigenvalue weighted by Crippen LogP contribution is -2.32. The first-order chi connectivity index (χ1) is 10.8. The van der Waals surface area contributed by atoms with Gasteiger partial charge in [-0.3, -0.25) is 0 Å². The molecule has 2 atom stereocenters. The Morgan fingerprint density at radius 3 is 2.48 bits per heavy atom. The van der Waals surface area contributed by atoms with E-state index in [4.69, 9.17) is 4.84 Å². The third-order valence-corrected chi connectivity index (χ3v) is 4.46. The first kappa shape index (κ1) is 18.3. The maximum Gasteiger partial charge on any atom is 0.416 e. The van der Waals surface area contributed by atoms with Crippen LogP contribution in [0.3, 0.4) is 0 Å². The Bertz CT molecular complexity index is 545. The van der Waals surface area contributed by atoms with Gasteiger partial charge in [0.15, 0.2) is 0 Å². The summed E-state index contributed by atoms with van der Waals surface area (Å²) >= 11 is 3.34. The van der Waals surface area contributed by atoms with Crippen molar-refractivity contribution in [3.8, 4) is 0 Å². The van der Waals surface area contributed by atoms with E-state index in [9.17, 15) is 13.2 Å². The fourth-order valence-electron chi connectivity index (χ4n) is 2.70. The van der Waals surface area contributed by atoms with E-state index in [0.717, 1.165) is 41.7 Å². The van der Waals surface area contributed by atoms with Crippen LogP contribution in [-0.4, -0.2) is 29.2 Å². The molecule has 3 nitrogen and oxygen atoms in total. The maximum absolute atomic E-state index is 12.6. The fourth-order valence-corrected chi connectivity index (χ4v) is 3.11. The van der Waals surface area contributed by atoms with Crippen LogP contribution in [0.5, 0.6) is 0 Å². The number of rotatable bonds is 6. The van der Waals surface area contributed by atoms with Crippen molar-refractivity contribution in [3.05, 3.63) is 35.4 Å². The van der Waals surface area contributed by atoms with Gasteiger partial charge in [-0.25, -0.2) is 0 Å². The number of hydrogen-bond donors (Lipinski definition) is 0. The molecule has 23 heavy (non-hydrogen) atoms. The molecule has 0 N–H and O–H groups in total. The van der Waals surface area contributed by atoms with E-state index in [1.165, 1.54) is 12.1 Å². The molecular weight excluding hydrogens is 373 g/mol. The largest absolute Gasteiger partial charge is 0.416 e. The highest BCUT2D eigenvalue weighted by molar-refractivity contribution is 9.18. The number of hydrogen-bond acceptors (Lipinski definition) is 3. The van der Waals surface area contributed by atoms with Crippen LogP contribution in [0, 0.1) is 5.92 Å². The van der Waals surface area contributed by atoms with Gasteiger partial charge in [-0.15, -0.1) is 0 Å². The normalized spacial score (nSPS) is 19.6. The van der Waals surface area contributed by atoms with Crippen LogP contribution in [-0.2, 0) is 17.6 Å². The van der Waals surface area contributed by atoms with Crippen LogP contribution in [0.4, 0.5) is 13.2 Å².